The van der Waals surface area contributed by atoms with Gasteiger partial charge in [0, 0.05) is 17.8 Å². The summed E-state index contributed by atoms with van der Waals surface area (Å²) in [4.78, 5) is 24.5. The molecule has 8 nitrogen and oxygen atoms in total. The van der Waals surface area contributed by atoms with Crippen LogP contribution in [0.3, 0.4) is 0 Å². The predicted molar refractivity (Wildman–Crippen MR) is 121 cm³/mol. The van der Waals surface area contributed by atoms with Crippen molar-refractivity contribution in [1.29, 1.82) is 0 Å². The molecule has 0 spiro atoms. The second-order valence-corrected chi connectivity index (χ2v) is 8.47. The number of carbonyl (C=O) groups is 2. The Labute approximate surface area is 188 Å². The summed E-state index contributed by atoms with van der Waals surface area (Å²) in [5.74, 6) is 0.426. The van der Waals surface area contributed by atoms with Crippen LogP contribution >= 0.6 is 11.8 Å². The van der Waals surface area contributed by atoms with Crippen molar-refractivity contribution >= 4 is 40.1 Å². The van der Waals surface area contributed by atoms with Gasteiger partial charge in [-0.3, -0.25) is 9.59 Å². The first-order chi connectivity index (χ1) is 15.5. The molecule has 2 amide bonds. The number of thioether (sulfide) groups is 1. The maximum atomic E-state index is 13.0. The van der Waals surface area contributed by atoms with Crippen molar-refractivity contribution in [2.75, 3.05) is 12.1 Å². The first-order valence-electron chi connectivity index (χ1n) is 9.99. The number of hydrogen-bond donors (Lipinski definition) is 2. The number of aryl methyl sites for hydroxylation is 1. The molecule has 1 unspecified atom stereocenters. The number of benzene rings is 2. The van der Waals surface area contributed by atoms with Crippen LogP contribution in [0.15, 0.2) is 52.7 Å². The molecule has 2 heterocycles. The summed E-state index contributed by atoms with van der Waals surface area (Å²) in [7, 11) is 0. The average Bonchev–Trinajstić information content (AvgIpc) is 3.25. The average molecular weight is 456 g/mol. The highest BCUT2D eigenvalue weighted by molar-refractivity contribution is 8.15. The van der Waals surface area contributed by atoms with Crippen LogP contribution in [0, 0.1) is 5.82 Å². The Kier molecular flexibility index (Phi) is 6.69. The Balaban J connectivity index is 1.33. The highest BCUT2D eigenvalue weighted by Gasteiger charge is 2.30. The van der Waals surface area contributed by atoms with E-state index in [1.54, 1.807) is 0 Å². The highest BCUT2D eigenvalue weighted by atomic mass is 32.2. The molecule has 166 valence electrons. The topological polar surface area (TPSA) is 101 Å². The summed E-state index contributed by atoms with van der Waals surface area (Å²) < 4.78 is 23.7. The Hall–Kier alpha value is -3.40. The number of hydrogen-bond acceptors (Lipinski definition) is 7. The smallest absolute Gasteiger partial charge is 0.238 e. The Morgan fingerprint density at radius 1 is 1.22 bits per heavy atom. The second kappa shape index (κ2) is 9.82. The van der Waals surface area contributed by atoms with E-state index >= 15 is 0 Å². The minimum Gasteiger partial charge on any atom is -0.454 e. The van der Waals surface area contributed by atoms with Crippen molar-refractivity contribution in [2.24, 2.45) is 10.2 Å². The lowest BCUT2D eigenvalue weighted by Gasteiger charge is -2.21. The number of anilines is 1. The summed E-state index contributed by atoms with van der Waals surface area (Å²) in [6.45, 7) is 2.09. The molecule has 2 aliphatic heterocycles. The van der Waals surface area contributed by atoms with Crippen molar-refractivity contribution in [3.8, 4) is 11.5 Å². The molecule has 1 atom stereocenters. The van der Waals surface area contributed by atoms with Gasteiger partial charge in [-0.2, -0.15) is 5.10 Å². The molecule has 0 saturated carbocycles. The zero-order valence-corrected chi connectivity index (χ0v) is 18.1. The van der Waals surface area contributed by atoms with Crippen LogP contribution in [-0.4, -0.2) is 34.7 Å². The predicted octanol–water partition coefficient (Wildman–Crippen LogP) is 3.48. The van der Waals surface area contributed by atoms with Crippen molar-refractivity contribution in [1.82, 2.24) is 5.32 Å². The van der Waals surface area contributed by atoms with Crippen molar-refractivity contribution < 1.29 is 23.5 Å². The van der Waals surface area contributed by atoms with Crippen LogP contribution < -0.4 is 20.1 Å². The van der Waals surface area contributed by atoms with Gasteiger partial charge < -0.3 is 20.1 Å². The maximum Gasteiger partial charge on any atom is 0.238 e. The third-order valence-electron chi connectivity index (χ3n) is 4.80. The zero-order chi connectivity index (χ0) is 22.5. The van der Waals surface area contributed by atoms with Gasteiger partial charge >= 0.3 is 0 Å². The second-order valence-electron chi connectivity index (χ2n) is 7.28. The molecule has 1 fully saturated rings. The van der Waals surface area contributed by atoms with Gasteiger partial charge in [0.15, 0.2) is 16.7 Å². The van der Waals surface area contributed by atoms with E-state index in [1.165, 1.54) is 24.3 Å². The van der Waals surface area contributed by atoms with Crippen molar-refractivity contribution in [2.45, 2.75) is 31.4 Å². The van der Waals surface area contributed by atoms with E-state index in [2.05, 4.69) is 20.8 Å². The van der Waals surface area contributed by atoms with Crippen LogP contribution in [0.4, 0.5) is 10.1 Å². The molecule has 1 saturated heterocycles. The van der Waals surface area contributed by atoms with Gasteiger partial charge in [-0.15, -0.1) is 5.10 Å². The third kappa shape index (κ3) is 5.64. The number of amides is 2. The molecule has 2 N–H and O–H groups in total. The normalized spacial score (nSPS) is 19.1. The van der Waals surface area contributed by atoms with Gasteiger partial charge in [-0.1, -0.05) is 17.8 Å². The molecule has 4 rings (SSSR count). The van der Waals surface area contributed by atoms with Crippen molar-refractivity contribution in [3.05, 3.63) is 53.8 Å². The quantitative estimate of drug-likeness (QED) is 0.512. The van der Waals surface area contributed by atoms with Gasteiger partial charge in [-0.25, -0.2) is 4.39 Å². The number of rotatable bonds is 6. The molecule has 2 aliphatic rings. The van der Waals surface area contributed by atoms with Crippen LogP contribution in [0.5, 0.6) is 11.5 Å². The highest BCUT2D eigenvalue weighted by Crippen LogP contribution is 2.32. The first-order valence-corrected chi connectivity index (χ1v) is 10.9. The van der Waals surface area contributed by atoms with E-state index in [9.17, 15) is 14.0 Å². The first kappa shape index (κ1) is 21.8. The van der Waals surface area contributed by atoms with Gasteiger partial charge in [-0.05, 0) is 61.7 Å². The molecule has 2 aromatic carbocycles. The lowest BCUT2D eigenvalue weighted by molar-refractivity contribution is -0.123. The summed E-state index contributed by atoms with van der Waals surface area (Å²) >= 11 is 1.13. The fraction of sp³-hybridized carbons (Fsp3) is 0.273. The van der Waals surface area contributed by atoms with Crippen molar-refractivity contribution in [3.63, 3.8) is 0 Å². The lowest BCUT2D eigenvalue weighted by atomic mass is 10.1. The number of halogens is 1. The number of ether oxygens (including phenoxy) is 2. The lowest BCUT2D eigenvalue weighted by Crippen LogP contribution is -2.41. The van der Waals surface area contributed by atoms with Crippen LogP contribution in [0.2, 0.25) is 0 Å². The van der Waals surface area contributed by atoms with E-state index < -0.39 is 11.1 Å². The Morgan fingerprint density at radius 3 is 2.81 bits per heavy atom. The molecule has 0 bridgehead atoms. The SMILES string of the molecule is C/C(CCc1ccc2c(c1)OCO2)=N\N=C1/NC(=O)CC(C(=O)Nc2ccc(F)cc2)S1. The standard InChI is InChI=1S/C22H21FN4O4S/c1-13(2-3-14-4-9-17-18(10-14)31-12-30-17)26-27-22-25-20(28)11-19(32-22)21(29)24-16-7-5-15(23)6-8-16/h4-10,19H,2-3,11-12H2,1H3,(H,24,29)(H,25,27,28)/b26-13+. The van der Waals surface area contributed by atoms with Gasteiger partial charge in [0.05, 0.1) is 0 Å². The van der Waals surface area contributed by atoms with Crippen LogP contribution in [0.1, 0.15) is 25.3 Å². The number of nitrogens with zero attached hydrogens (tertiary/aromatic N) is 2. The summed E-state index contributed by atoms with van der Waals surface area (Å²) in [5.41, 5.74) is 2.33. The molecule has 0 radical (unpaired) electrons. The van der Waals surface area contributed by atoms with E-state index in [0.29, 0.717) is 12.1 Å². The van der Waals surface area contributed by atoms with Crippen LogP contribution in [0.25, 0.3) is 0 Å². The number of amidine groups is 1. The Morgan fingerprint density at radius 2 is 2.00 bits per heavy atom. The Bertz CT molecular complexity index is 1090. The molecule has 32 heavy (non-hydrogen) atoms. The van der Waals surface area contributed by atoms with E-state index in [1.807, 2.05) is 25.1 Å². The van der Waals surface area contributed by atoms with Gasteiger partial charge in [0.1, 0.15) is 11.1 Å². The molecule has 2 aromatic rings. The molecule has 0 aromatic heterocycles. The molecular weight excluding hydrogens is 435 g/mol. The fourth-order valence-electron chi connectivity index (χ4n) is 3.10. The minimum absolute atomic E-state index is 0.0174. The summed E-state index contributed by atoms with van der Waals surface area (Å²) in [6.07, 6.45) is 1.44. The summed E-state index contributed by atoms with van der Waals surface area (Å²) in [6, 6.07) is 11.2. The van der Waals surface area contributed by atoms with E-state index in [-0.39, 0.29) is 30.2 Å². The largest absolute Gasteiger partial charge is 0.454 e. The molecule has 0 aliphatic carbocycles. The third-order valence-corrected chi connectivity index (χ3v) is 5.87. The monoisotopic (exact) mass is 456 g/mol. The van der Waals surface area contributed by atoms with E-state index in [0.717, 1.165) is 41.0 Å². The van der Waals surface area contributed by atoms with Gasteiger partial charge in [0.2, 0.25) is 18.6 Å². The number of carbonyl (C=O) groups excluding carboxylic acids is 2. The number of fused-ring (bicyclic) bond motifs is 1. The summed E-state index contributed by atoms with van der Waals surface area (Å²) in [5, 5.41) is 13.2. The number of nitrogens with one attached hydrogen (secondary N) is 2. The molecular formula is C22H21FN4O4S. The van der Waals surface area contributed by atoms with Gasteiger partial charge in [0.25, 0.3) is 0 Å². The molecule has 10 heteroatoms. The van der Waals surface area contributed by atoms with E-state index in [4.69, 9.17) is 9.47 Å². The minimum atomic E-state index is -0.656. The van der Waals surface area contributed by atoms with Crippen LogP contribution in [-0.2, 0) is 16.0 Å². The zero-order valence-electron chi connectivity index (χ0n) is 17.3. The maximum absolute atomic E-state index is 13.0. The fourth-order valence-corrected chi connectivity index (χ4v) is 4.03.